The number of nitrogens with one attached hydrogen (secondary N) is 1. The van der Waals surface area contributed by atoms with Crippen LogP contribution in [-0.4, -0.2) is 65.7 Å². The smallest absolute Gasteiger partial charge is 0.293 e. The summed E-state index contributed by atoms with van der Waals surface area (Å²) in [5, 5.41) is 14.6. The maximum atomic E-state index is 12.5. The van der Waals surface area contributed by atoms with Gasteiger partial charge in [0.05, 0.1) is 4.92 Å². The molecule has 1 aliphatic rings. The van der Waals surface area contributed by atoms with E-state index in [0.717, 1.165) is 13.1 Å². The number of anilines is 1. The standard InChI is InChI=1S/C21H24N4O4/c1-16(26)24-13-11-23(12-14-24)10-9-22-19-8-7-18(15-20(19)25(28)29)21(27)17-5-3-2-4-6-17/h2-8,15,22H,9-14H2,1H3. The maximum Gasteiger partial charge on any atom is 0.293 e. The van der Waals surface area contributed by atoms with E-state index in [4.69, 9.17) is 0 Å². The topological polar surface area (TPSA) is 95.8 Å². The van der Waals surface area contributed by atoms with Gasteiger partial charge in [-0.05, 0) is 12.1 Å². The first-order valence-electron chi connectivity index (χ1n) is 9.55. The SMILES string of the molecule is CC(=O)N1CCN(CCNc2ccc(C(=O)c3ccccc3)cc2[N+](=O)[O-])CC1. The molecule has 0 spiro atoms. The molecular weight excluding hydrogens is 372 g/mol. The fourth-order valence-electron chi connectivity index (χ4n) is 3.36. The van der Waals surface area contributed by atoms with Gasteiger partial charge in [0.25, 0.3) is 5.69 Å². The first-order valence-corrected chi connectivity index (χ1v) is 9.55. The van der Waals surface area contributed by atoms with E-state index in [1.807, 2.05) is 11.0 Å². The number of piperazine rings is 1. The highest BCUT2D eigenvalue weighted by Crippen LogP contribution is 2.26. The summed E-state index contributed by atoms with van der Waals surface area (Å²) in [6.07, 6.45) is 0. The molecule has 152 valence electrons. The molecule has 0 atom stereocenters. The van der Waals surface area contributed by atoms with Gasteiger partial charge in [0.1, 0.15) is 5.69 Å². The summed E-state index contributed by atoms with van der Waals surface area (Å²) in [4.78, 5) is 39.0. The molecule has 8 heteroatoms. The fourth-order valence-corrected chi connectivity index (χ4v) is 3.36. The average Bonchev–Trinajstić information content (AvgIpc) is 2.74. The van der Waals surface area contributed by atoms with Crippen LogP contribution in [0.5, 0.6) is 0 Å². The molecule has 0 radical (unpaired) electrons. The van der Waals surface area contributed by atoms with Gasteiger partial charge in [0.15, 0.2) is 5.78 Å². The van der Waals surface area contributed by atoms with Crippen LogP contribution in [0.1, 0.15) is 22.8 Å². The van der Waals surface area contributed by atoms with Crippen LogP contribution in [0.4, 0.5) is 11.4 Å². The second kappa shape index (κ2) is 9.29. The molecule has 1 amide bonds. The number of ketones is 1. The molecule has 1 N–H and O–H groups in total. The van der Waals surface area contributed by atoms with Crippen LogP contribution in [0, 0.1) is 10.1 Å². The number of nitro benzene ring substituents is 1. The second-order valence-corrected chi connectivity index (χ2v) is 6.96. The number of amides is 1. The number of nitro groups is 1. The Labute approximate surface area is 169 Å². The van der Waals surface area contributed by atoms with E-state index < -0.39 is 4.92 Å². The normalized spacial score (nSPS) is 14.4. The Kier molecular flexibility index (Phi) is 6.56. The summed E-state index contributed by atoms with van der Waals surface area (Å²) in [7, 11) is 0. The van der Waals surface area contributed by atoms with Crippen LogP contribution >= 0.6 is 0 Å². The number of hydrogen-bond donors (Lipinski definition) is 1. The third kappa shape index (κ3) is 5.17. The molecule has 0 bridgehead atoms. The Morgan fingerprint density at radius 1 is 1.03 bits per heavy atom. The quantitative estimate of drug-likeness (QED) is 0.439. The van der Waals surface area contributed by atoms with Gasteiger partial charge in [-0.15, -0.1) is 0 Å². The molecule has 1 saturated heterocycles. The molecule has 0 aliphatic carbocycles. The van der Waals surface area contributed by atoms with Crippen molar-refractivity contribution in [3.8, 4) is 0 Å². The van der Waals surface area contributed by atoms with E-state index in [-0.39, 0.29) is 22.9 Å². The van der Waals surface area contributed by atoms with Crippen LogP contribution in [0.2, 0.25) is 0 Å². The van der Waals surface area contributed by atoms with Crippen molar-refractivity contribution < 1.29 is 14.5 Å². The van der Waals surface area contributed by atoms with E-state index in [2.05, 4.69) is 10.2 Å². The number of benzene rings is 2. The number of carbonyl (C=O) groups is 2. The summed E-state index contributed by atoms with van der Waals surface area (Å²) < 4.78 is 0. The van der Waals surface area contributed by atoms with Gasteiger partial charge < -0.3 is 10.2 Å². The molecule has 2 aromatic carbocycles. The van der Waals surface area contributed by atoms with Crippen LogP contribution < -0.4 is 5.32 Å². The third-order valence-electron chi connectivity index (χ3n) is 5.05. The maximum absolute atomic E-state index is 12.5. The molecule has 3 rings (SSSR count). The monoisotopic (exact) mass is 396 g/mol. The summed E-state index contributed by atoms with van der Waals surface area (Å²) in [6, 6.07) is 13.2. The molecule has 1 heterocycles. The van der Waals surface area contributed by atoms with Crippen molar-refractivity contribution in [1.82, 2.24) is 9.80 Å². The lowest BCUT2D eigenvalue weighted by atomic mass is 10.0. The van der Waals surface area contributed by atoms with Crippen LogP contribution in [0.25, 0.3) is 0 Å². The highest BCUT2D eigenvalue weighted by molar-refractivity contribution is 6.09. The second-order valence-electron chi connectivity index (χ2n) is 6.96. The Morgan fingerprint density at radius 2 is 1.72 bits per heavy atom. The first-order chi connectivity index (χ1) is 14.0. The Hall–Kier alpha value is -3.26. The molecule has 8 nitrogen and oxygen atoms in total. The predicted octanol–water partition coefficient (Wildman–Crippen LogP) is 2.40. The number of carbonyl (C=O) groups excluding carboxylic acids is 2. The zero-order valence-corrected chi connectivity index (χ0v) is 16.3. The first kappa shape index (κ1) is 20.5. The fraction of sp³-hybridized carbons (Fsp3) is 0.333. The molecule has 0 unspecified atom stereocenters. The van der Waals surface area contributed by atoms with Crippen molar-refractivity contribution in [2.45, 2.75) is 6.92 Å². The van der Waals surface area contributed by atoms with Gasteiger partial charge in [-0.3, -0.25) is 24.6 Å². The number of hydrogen-bond acceptors (Lipinski definition) is 6. The predicted molar refractivity (Wildman–Crippen MR) is 110 cm³/mol. The van der Waals surface area contributed by atoms with Crippen molar-refractivity contribution in [2.75, 3.05) is 44.6 Å². The van der Waals surface area contributed by atoms with Crippen molar-refractivity contribution in [1.29, 1.82) is 0 Å². The number of rotatable bonds is 7. The summed E-state index contributed by atoms with van der Waals surface area (Å²) >= 11 is 0. The zero-order chi connectivity index (χ0) is 20.8. The van der Waals surface area contributed by atoms with E-state index >= 15 is 0 Å². The molecule has 2 aromatic rings. The van der Waals surface area contributed by atoms with Gasteiger partial charge in [0, 0.05) is 63.4 Å². The molecule has 1 aliphatic heterocycles. The third-order valence-corrected chi connectivity index (χ3v) is 5.05. The Bertz CT molecular complexity index is 893. The molecular formula is C21H24N4O4. The molecule has 0 saturated carbocycles. The highest BCUT2D eigenvalue weighted by atomic mass is 16.6. The Balaban J connectivity index is 1.62. The highest BCUT2D eigenvalue weighted by Gasteiger charge is 2.20. The van der Waals surface area contributed by atoms with Crippen LogP contribution in [0.15, 0.2) is 48.5 Å². The molecule has 1 fully saturated rings. The van der Waals surface area contributed by atoms with Crippen LogP contribution in [0.3, 0.4) is 0 Å². The molecule has 0 aromatic heterocycles. The van der Waals surface area contributed by atoms with Gasteiger partial charge in [-0.2, -0.15) is 0 Å². The van der Waals surface area contributed by atoms with E-state index in [9.17, 15) is 19.7 Å². The zero-order valence-electron chi connectivity index (χ0n) is 16.3. The van der Waals surface area contributed by atoms with E-state index in [1.54, 1.807) is 43.3 Å². The van der Waals surface area contributed by atoms with Crippen molar-refractivity contribution >= 4 is 23.1 Å². The van der Waals surface area contributed by atoms with Gasteiger partial charge in [-0.1, -0.05) is 30.3 Å². The summed E-state index contributed by atoms with van der Waals surface area (Å²) in [5.41, 5.74) is 1.05. The average molecular weight is 396 g/mol. The van der Waals surface area contributed by atoms with Gasteiger partial charge in [-0.25, -0.2) is 0 Å². The molecule has 29 heavy (non-hydrogen) atoms. The Morgan fingerprint density at radius 3 is 2.34 bits per heavy atom. The lowest BCUT2D eigenvalue weighted by molar-refractivity contribution is -0.384. The van der Waals surface area contributed by atoms with Gasteiger partial charge in [0.2, 0.25) is 5.91 Å². The van der Waals surface area contributed by atoms with Crippen molar-refractivity contribution in [3.63, 3.8) is 0 Å². The minimum absolute atomic E-state index is 0.0866. The minimum Gasteiger partial charge on any atom is -0.378 e. The van der Waals surface area contributed by atoms with Gasteiger partial charge >= 0.3 is 0 Å². The minimum atomic E-state index is -0.476. The number of nitrogens with zero attached hydrogens (tertiary/aromatic N) is 3. The summed E-state index contributed by atoms with van der Waals surface area (Å²) in [5.74, 6) is -0.160. The van der Waals surface area contributed by atoms with E-state index in [0.29, 0.717) is 37.4 Å². The summed E-state index contributed by atoms with van der Waals surface area (Å²) in [6.45, 7) is 5.79. The lowest BCUT2D eigenvalue weighted by Gasteiger charge is -2.34. The van der Waals surface area contributed by atoms with E-state index in [1.165, 1.54) is 6.07 Å². The largest absolute Gasteiger partial charge is 0.378 e. The lowest BCUT2D eigenvalue weighted by Crippen LogP contribution is -2.49. The van der Waals surface area contributed by atoms with Crippen molar-refractivity contribution in [3.05, 3.63) is 69.8 Å². The van der Waals surface area contributed by atoms with Crippen LogP contribution in [-0.2, 0) is 4.79 Å². The van der Waals surface area contributed by atoms with Crippen molar-refractivity contribution in [2.24, 2.45) is 0 Å².